The first-order valence-corrected chi connectivity index (χ1v) is 9.97. The van der Waals surface area contributed by atoms with Crippen molar-refractivity contribution in [2.75, 3.05) is 19.8 Å². The number of hydrogen-bond donors (Lipinski definition) is 2. The monoisotopic (exact) mass is 395 g/mol. The van der Waals surface area contributed by atoms with E-state index in [9.17, 15) is 13.2 Å². The molecule has 0 unspecified atom stereocenters. The molecule has 3 aromatic carbocycles. The third kappa shape index (κ3) is 3.62. The van der Waals surface area contributed by atoms with Crippen LogP contribution >= 0.6 is 0 Å². The summed E-state index contributed by atoms with van der Waals surface area (Å²) in [4.78, 5) is 12.1. The van der Waals surface area contributed by atoms with Gasteiger partial charge in [0.25, 0.3) is 5.91 Å². The van der Waals surface area contributed by atoms with Crippen molar-refractivity contribution in [3.63, 3.8) is 0 Å². The molecule has 0 aliphatic heterocycles. The Morgan fingerprint density at radius 2 is 1.50 bits per heavy atom. The molecule has 0 atom stereocenters. The Hall–Kier alpha value is -3.16. The average molecular weight is 395 g/mol. The predicted octanol–water partition coefficient (Wildman–Crippen LogP) is 2.95. The van der Waals surface area contributed by atoms with Crippen LogP contribution in [0.15, 0.2) is 71.6 Å². The van der Waals surface area contributed by atoms with Crippen molar-refractivity contribution in [1.29, 1.82) is 0 Å². The molecule has 0 heterocycles. The van der Waals surface area contributed by atoms with Crippen molar-refractivity contribution in [1.82, 2.24) is 4.31 Å². The van der Waals surface area contributed by atoms with Gasteiger partial charge in [0.15, 0.2) is 0 Å². The van der Waals surface area contributed by atoms with Crippen molar-refractivity contribution in [2.24, 2.45) is 5.73 Å². The van der Waals surface area contributed by atoms with Crippen LogP contribution < -0.4 is 11.5 Å². The summed E-state index contributed by atoms with van der Waals surface area (Å²) in [7, 11) is -0.668. The Bertz CT molecular complexity index is 1140. The fraction of sp³-hybridized carbons (Fsp3) is 0.0952. The molecule has 0 aromatic heterocycles. The summed E-state index contributed by atoms with van der Waals surface area (Å²) in [6.07, 6.45) is 0. The lowest BCUT2D eigenvalue weighted by Gasteiger charge is -2.15. The first kappa shape index (κ1) is 19.6. The van der Waals surface area contributed by atoms with E-state index in [1.54, 1.807) is 24.3 Å². The fourth-order valence-electron chi connectivity index (χ4n) is 2.93. The van der Waals surface area contributed by atoms with E-state index < -0.39 is 15.9 Å². The maximum absolute atomic E-state index is 12.5. The lowest BCUT2D eigenvalue weighted by Crippen LogP contribution is -2.22. The number of amides is 1. The van der Waals surface area contributed by atoms with E-state index in [0.29, 0.717) is 11.1 Å². The number of anilines is 1. The SMILES string of the molecule is CN(C)S(=O)(=O)c1cccc(-c2cc(-c3ccccc3)cc(C(N)=O)c2N)c1. The predicted molar refractivity (Wildman–Crippen MR) is 111 cm³/mol. The highest BCUT2D eigenvalue weighted by atomic mass is 32.2. The lowest BCUT2D eigenvalue weighted by molar-refractivity contribution is 0.100. The molecular weight excluding hydrogens is 374 g/mol. The van der Waals surface area contributed by atoms with Crippen molar-refractivity contribution < 1.29 is 13.2 Å². The van der Waals surface area contributed by atoms with Crippen molar-refractivity contribution in [3.8, 4) is 22.3 Å². The largest absolute Gasteiger partial charge is 0.398 e. The van der Waals surface area contributed by atoms with Gasteiger partial charge >= 0.3 is 0 Å². The van der Waals surface area contributed by atoms with Crippen LogP contribution in [0.1, 0.15) is 10.4 Å². The molecular formula is C21H21N3O3S. The molecule has 1 amide bonds. The minimum Gasteiger partial charge on any atom is -0.398 e. The number of sulfonamides is 1. The second-order valence-corrected chi connectivity index (χ2v) is 8.68. The molecule has 0 saturated heterocycles. The number of nitrogens with zero attached hydrogens (tertiary/aromatic N) is 1. The van der Waals surface area contributed by atoms with Crippen molar-refractivity contribution in [2.45, 2.75) is 4.90 Å². The molecule has 0 saturated carbocycles. The Kier molecular flexibility index (Phi) is 5.22. The quantitative estimate of drug-likeness (QED) is 0.648. The molecule has 0 fully saturated rings. The van der Waals surface area contributed by atoms with Crippen LogP contribution in [0.4, 0.5) is 5.69 Å². The van der Waals surface area contributed by atoms with Gasteiger partial charge in [0, 0.05) is 19.7 Å². The van der Waals surface area contributed by atoms with E-state index in [1.807, 2.05) is 36.4 Å². The zero-order valence-electron chi connectivity index (χ0n) is 15.6. The number of benzene rings is 3. The van der Waals surface area contributed by atoms with E-state index in [0.717, 1.165) is 15.4 Å². The van der Waals surface area contributed by atoms with Gasteiger partial charge in [-0.2, -0.15) is 0 Å². The van der Waals surface area contributed by atoms with Gasteiger partial charge in [0.2, 0.25) is 10.0 Å². The van der Waals surface area contributed by atoms with Gasteiger partial charge in [0.05, 0.1) is 16.1 Å². The number of nitrogens with two attached hydrogens (primary N) is 2. The minimum absolute atomic E-state index is 0.139. The highest BCUT2D eigenvalue weighted by Gasteiger charge is 2.19. The zero-order valence-corrected chi connectivity index (χ0v) is 16.4. The molecule has 144 valence electrons. The maximum atomic E-state index is 12.5. The van der Waals surface area contributed by atoms with Crippen LogP contribution in [0.2, 0.25) is 0 Å². The fourth-order valence-corrected chi connectivity index (χ4v) is 3.88. The summed E-state index contributed by atoms with van der Waals surface area (Å²) >= 11 is 0. The van der Waals surface area contributed by atoms with Crippen LogP contribution in [-0.4, -0.2) is 32.7 Å². The van der Waals surface area contributed by atoms with Crippen molar-refractivity contribution in [3.05, 3.63) is 72.3 Å². The third-order valence-corrected chi connectivity index (χ3v) is 6.29. The van der Waals surface area contributed by atoms with Crippen LogP contribution in [0.5, 0.6) is 0 Å². The van der Waals surface area contributed by atoms with Gasteiger partial charge < -0.3 is 11.5 Å². The zero-order chi connectivity index (χ0) is 20.5. The van der Waals surface area contributed by atoms with Crippen LogP contribution in [0.3, 0.4) is 0 Å². The lowest BCUT2D eigenvalue weighted by atomic mass is 9.94. The summed E-state index contributed by atoms with van der Waals surface area (Å²) < 4.78 is 26.1. The molecule has 6 nitrogen and oxygen atoms in total. The van der Waals surface area contributed by atoms with E-state index in [4.69, 9.17) is 11.5 Å². The van der Waals surface area contributed by atoms with Crippen LogP contribution in [-0.2, 0) is 10.0 Å². The Morgan fingerprint density at radius 1 is 0.857 bits per heavy atom. The van der Waals surface area contributed by atoms with Crippen molar-refractivity contribution >= 4 is 21.6 Å². The van der Waals surface area contributed by atoms with Gasteiger partial charge in [0.1, 0.15) is 0 Å². The number of primary amides is 1. The van der Waals surface area contributed by atoms with E-state index in [2.05, 4.69) is 0 Å². The molecule has 7 heteroatoms. The first-order valence-electron chi connectivity index (χ1n) is 8.53. The van der Waals surface area contributed by atoms with Gasteiger partial charge in [-0.15, -0.1) is 0 Å². The van der Waals surface area contributed by atoms with E-state index >= 15 is 0 Å². The highest BCUT2D eigenvalue weighted by Crippen LogP contribution is 2.35. The standard InChI is InChI=1S/C21H21N3O3S/c1-24(2)28(26,27)17-10-6-9-15(11-17)18-12-16(14-7-4-3-5-8-14)13-19(20(18)22)21(23)25/h3-13H,22H2,1-2H3,(H2,23,25). The van der Waals surface area contributed by atoms with E-state index in [-0.39, 0.29) is 16.1 Å². The second-order valence-electron chi connectivity index (χ2n) is 6.53. The summed E-state index contributed by atoms with van der Waals surface area (Å²) in [5.41, 5.74) is 14.9. The topological polar surface area (TPSA) is 106 Å². The van der Waals surface area contributed by atoms with Gasteiger partial charge in [-0.1, -0.05) is 42.5 Å². The summed E-state index contributed by atoms with van der Waals surface area (Å²) in [6, 6.07) is 19.4. The van der Waals surface area contributed by atoms with Gasteiger partial charge in [-0.05, 0) is 41.0 Å². The molecule has 0 aliphatic rings. The molecule has 3 aromatic rings. The summed E-state index contributed by atoms with van der Waals surface area (Å²) in [5.74, 6) is -0.645. The molecule has 4 N–H and O–H groups in total. The average Bonchev–Trinajstić information content (AvgIpc) is 2.68. The summed E-state index contributed by atoms with van der Waals surface area (Å²) in [5, 5.41) is 0. The normalized spacial score (nSPS) is 11.5. The molecule has 0 radical (unpaired) electrons. The number of hydrogen-bond acceptors (Lipinski definition) is 4. The Morgan fingerprint density at radius 3 is 2.11 bits per heavy atom. The number of carbonyl (C=O) groups is 1. The number of carbonyl (C=O) groups excluding carboxylic acids is 1. The van der Waals surface area contributed by atoms with Gasteiger partial charge in [-0.3, -0.25) is 4.79 Å². The Balaban J connectivity index is 2.25. The first-order chi connectivity index (χ1) is 13.2. The Labute approximate surface area is 164 Å². The van der Waals surface area contributed by atoms with E-state index in [1.165, 1.54) is 20.2 Å². The second kappa shape index (κ2) is 7.46. The number of rotatable bonds is 5. The molecule has 0 spiro atoms. The molecule has 0 aliphatic carbocycles. The van der Waals surface area contributed by atoms with Crippen LogP contribution in [0, 0.1) is 0 Å². The highest BCUT2D eigenvalue weighted by molar-refractivity contribution is 7.89. The van der Waals surface area contributed by atoms with Gasteiger partial charge in [-0.25, -0.2) is 12.7 Å². The third-order valence-electron chi connectivity index (χ3n) is 4.48. The smallest absolute Gasteiger partial charge is 0.250 e. The number of nitrogen functional groups attached to an aromatic ring is 1. The summed E-state index contributed by atoms with van der Waals surface area (Å²) in [6.45, 7) is 0. The maximum Gasteiger partial charge on any atom is 0.250 e. The van der Waals surface area contributed by atoms with Crippen LogP contribution in [0.25, 0.3) is 22.3 Å². The minimum atomic E-state index is -3.61. The molecule has 28 heavy (non-hydrogen) atoms. The molecule has 3 rings (SSSR count). The molecule has 0 bridgehead atoms.